The Labute approximate surface area is 160 Å². The minimum Gasteiger partial charge on any atom is -0.466 e. The van der Waals surface area contributed by atoms with Gasteiger partial charge >= 0.3 is 23.9 Å². The minimum absolute atomic E-state index is 0.0748. The molecule has 0 aromatic heterocycles. The molecule has 0 fully saturated rings. The standard InChI is InChI=1S/C19H32O8/c1-5-24-16(20)12-14(18(22)26-7-3)10-9-11-15(19(23)27-8-4)13-17(21)25-6-2/h14-15H,5-13H2,1-4H3. The highest BCUT2D eigenvalue weighted by Gasteiger charge is 2.27. The lowest BCUT2D eigenvalue weighted by molar-refractivity contribution is -0.156. The third kappa shape index (κ3) is 11.2. The van der Waals surface area contributed by atoms with Crippen LogP contribution in [0.15, 0.2) is 0 Å². The maximum absolute atomic E-state index is 12.1. The highest BCUT2D eigenvalue weighted by atomic mass is 16.5. The largest absolute Gasteiger partial charge is 0.466 e. The van der Waals surface area contributed by atoms with Gasteiger partial charge in [0, 0.05) is 0 Å². The summed E-state index contributed by atoms with van der Waals surface area (Å²) in [5.41, 5.74) is 0. The molecule has 0 bridgehead atoms. The molecule has 0 heterocycles. The topological polar surface area (TPSA) is 105 Å². The molecule has 0 aliphatic carbocycles. The Balaban J connectivity index is 4.80. The summed E-state index contributed by atoms with van der Waals surface area (Å²) in [5, 5.41) is 0. The lowest BCUT2D eigenvalue weighted by Crippen LogP contribution is -2.24. The molecule has 8 nitrogen and oxygen atoms in total. The summed E-state index contributed by atoms with van der Waals surface area (Å²) in [7, 11) is 0. The van der Waals surface area contributed by atoms with Crippen LogP contribution in [0.25, 0.3) is 0 Å². The van der Waals surface area contributed by atoms with Crippen LogP contribution in [0.5, 0.6) is 0 Å². The van der Waals surface area contributed by atoms with E-state index in [2.05, 4.69) is 0 Å². The monoisotopic (exact) mass is 388 g/mol. The van der Waals surface area contributed by atoms with Gasteiger partial charge in [-0.15, -0.1) is 0 Å². The van der Waals surface area contributed by atoms with Crippen LogP contribution >= 0.6 is 0 Å². The fourth-order valence-corrected chi connectivity index (χ4v) is 2.58. The van der Waals surface area contributed by atoms with Crippen LogP contribution in [0.2, 0.25) is 0 Å². The molecule has 0 rings (SSSR count). The Morgan fingerprint density at radius 2 is 0.926 bits per heavy atom. The summed E-state index contributed by atoms with van der Waals surface area (Å²) in [6.45, 7) is 7.66. The van der Waals surface area contributed by atoms with Crippen molar-refractivity contribution >= 4 is 23.9 Å². The number of carbonyl (C=O) groups excluding carboxylic acids is 4. The molecular weight excluding hydrogens is 356 g/mol. The molecule has 0 aliphatic heterocycles. The second kappa shape index (κ2) is 15.0. The van der Waals surface area contributed by atoms with Crippen LogP contribution in [0.4, 0.5) is 0 Å². The fraction of sp³-hybridized carbons (Fsp3) is 0.789. The Morgan fingerprint density at radius 1 is 0.593 bits per heavy atom. The van der Waals surface area contributed by atoms with Crippen molar-refractivity contribution in [3.8, 4) is 0 Å². The van der Waals surface area contributed by atoms with Crippen LogP contribution in [0, 0.1) is 11.8 Å². The quantitative estimate of drug-likeness (QED) is 0.330. The summed E-state index contributed by atoms with van der Waals surface area (Å²) in [5.74, 6) is -3.16. The first-order chi connectivity index (χ1) is 12.9. The highest BCUT2D eigenvalue weighted by Crippen LogP contribution is 2.21. The van der Waals surface area contributed by atoms with E-state index in [1.54, 1.807) is 27.7 Å². The van der Waals surface area contributed by atoms with Crippen molar-refractivity contribution in [3.05, 3.63) is 0 Å². The van der Waals surface area contributed by atoms with E-state index in [1.165, 1.54) is 0 Å². The molecule has 0 aromatic carbocycles. The molecule has 8 heteroatoms. The van der Waals surface area contributed by atoms with Crippen LogP contribution in [0.1, 0.15) is 59.8 Å². The van der Waals surface area contributed by atoms with Crippen molar-refractivity contribution in [1.29, 1.82) is 0 Å². The first kappa shape index (κ1) is 24.9. The fourth-order valence-electron chi connectivity index (χ4n) is 2.58. The number of esters is 4. The van der Waals surface area contributed by atoms with Gasteiger partial charge in [-0.25, -0.2) is 0 Å². The van der Waals surface area contributed by atoms with Crippen molar-refractivity contribution in [2.75, 3.05) is 26.4 Å². The van der Waals surface area contributed by atoms with Crippen molar-refractivity contribution < 1.29 is 38.1 Å². The normalized spacial score (nSPS) is 12.6. The molecule has 0 amide bonds. The Kier molecular flexibility index (Phi) is 13.8. The van der Waals surface area contributed by atoms with Gasteiger partial charge in [-0.2, -0.15) is 0 Å². The maximum atomic E-state index is 12.1. The molecular formula is C19H32O8. The van der Waals surface area contributed by atoms with Gasteiger partial charge in [0.2, 0.25) is 0 Å². The van der Waals surface area contributed by atoms with Gasteiger partial charge < -0.3 is 18.9 Å². The lowest BCUT2D eigenvalue weighted by Gasteiger charge is -2.17. The molecule has 0 radical (unpaired) electrons. The zero-order valence-electron chi connectivity index (χ0n) is 16.8. The van der Waals surface area contributed by atoms with E-state index in [1.807, 2.05) is 0 Å². The molecule has 0 saturated carbocycles. The molecule has 0 spiro atoms. The molecule has 0 saturated heterocycles. The van der Waals surface area contributed by atoms with Gasteiger partial charge in [0.25, 0.3) is 0 Å². The van der Waals surface area contributed by atoms with Crippen molar-refractivity contribution in [1.82, 2.24) is 0 Å². The van der Waals surface area contributed by atoms with Gasteiger partial charge in [0.1, 0.15) is 0 Å². The van der Waals surface area contributed by atoms with E-state index >= 15 is 0 Å². The van der Waals surface area contributed by atoms with Gasteiger partial charge in [-0.05, 0) is 40.5 Å². The second-order valence-electron chi connectivity index (χ2n) is 5.85. The predicted molar refractivity (Wildman–Crippen MR) is 96.6 cm³/mol. The third-order valence-electron chi connectivity index (χ3n) is 3.78. The first-order valence-corrected chi connectivity index (χ1v) is 9.53. The van der Waals surface area contributed by atoms with E-state index in [4.69, 9.17) is 18.9 Å². The smallest absolute Gasteiger partial charge is 0.309 e. The van der Waals surface area contributed by atoms with Crippen LogP contribution in [0.3, 0.4) is 0 Å². The Morgan fingerprint density at radius 3 is 1.22 bits per heavy atom. The van der Waals surface area contributed by atoms with Gasteiger partial charge in [0.15, 0.2) is 0 Å². The Bertz CT molecular complexity index is 432. The molecule has 0 N–H and O–H groups in total. The summed E-state index contributed by atoms with van der Waals surface area (Å²) < 4.78 is 19.8. The average molecular weight is 388 g/mol. The molecule has 0 aromatic rings. The summed E-state index contributed by atoms with van der Waals surface area (Å²) in [4.78, 5) is 47.5. The van der Waals surface area contributed by atoms with Crippen molar-refractivity contribution in [2.24, 2.45) is 11.8 Å². The number of hydrogen-bond acceptors (Lipinski definition) is 8. The number of rotatable bonds is 14. The van der Waals surface area contributed by atoms with Gasteiger partial charge in [-0.1, -0.05) is 6.42 Å². The van der Waals surface area contributed by atoms with Crippen molar-refractivity contribution in [3.63, 3.8) is 0 Å². The van der Waals surface area contributed by atoms with E-state index in [0.29, 0.717) is 19.3 Å². The third-order valence-corrected chi connectivity index (χ3v) is 3.78. The van der Waals surface area contributed by atoms with Crippen LogP contribution < -0.4 is 0 Å². The summed E-state index contributed by atoms with van der Waals surface area (Å²) in [6, 6.07) is 0. The van der Waals surface area contributed by atoms with E-state index < -0.39 is 35.7 Å². The molecule has 2 unspecified atom stereocenters. The zero-order chi connectivity index (χ0) is 20.7. The zero-order valence-corrected chi connectivity index (χ0v) is 16.8. The molecule has 156 valence electrons. The highest BCUT2D eigenvalue weighted by molar-refractivity contribution is 5.80. The van der Waals surface area contributed by atoms with Crippen LogP contribution in [-0.2, 0) is 38.1 Å². The molecule has 2 atom stereocenters. The number of carbonyl (C=O) groups is 4. The first-order valence-electron chi connectivity index (χ1n) is 9.53. The second-order valence-corrected chi connectivity index (χ2v) is 5.85. The molecule has 27 heavy (non-hydrogen) atoms. The van der Waals surface area contributed by atoms with Crippen molar-refractivity contribution in [2.45, 2.75) is 59.8 Å². The lowest BCUT2D eigenvalue weighted by atomic mass is 9.93. The summed E-state index contributed by atoms with van der Waals surface area (Å²) >= 11 is 0. The van der Waals surface area contributed by atoms with E-state index in [-0.39, 0.29) is 39.3 Å². The number of ether oxygens (including phenoxy) is 4. The van der Waals surface area contributed by atoms with E-state index in [0.717, 1.165) is 0 Å². The maximum Gasteiger partial charge on any atom is 0.309 e. The van der Waals surface area contributed by atoms with Gasteiger partial charge in [0.05, 0.1) is 51.1 Å². The Hall–Kier alpha value is -2.12. The van der Waals surface area contributed by atoms with Crippen LogP contribution in [-0.4, -0.2) is 50.3 Å². The predicted octanol–water partition coefficient (Wildman–Crippen LogP) is 2.42. The van der Waals surface area contributed by atoms with Gasteiger partial charge in [-0.3, -0.25) is 19.2 Å². The average Bonchev–Trinajstić information content (AvgIpc) is 2.60. The SMILES string of the molecule is CCOC(=O)CC(CCCC(CC(=O)OCC)C(=O)OCC)C(=O)OCC. The van der Waals surface area contributed by atoms with E-state index in [9.17, 15) is 19.2 Å². The number of hydrogen-bond donors (Lipinski definition) is 0. The molecule has 0 aliphatic rings. The summed E-state index contributed by atoms with van der Waals surface area (Å²) in [6.07, 6.45) is 0.988. The minimum atomic E-state index is -0.644.